The Morgan fingerprint density at radius 2 is 2.36 bits per heavy atom. The Bertz CT molecular complexity index is 339. The number of hydrogen-bond donors (Lipinski definition) is 0. The third kappa shape index (κ3) is 2.26. The number of methoxy groups -OCH3 is 1. The Morgan fingerprint density at radius 1 is 1.64 bits per heavy atom. The molecule has 0 aliphatic carbocycles. The van der Waals surface area contributed by atoms with Gasteiger partial charge in [-0.2, -0.15) is 0 Å². The fraction of sp³-hybridized carbons (Fsp3) is 0.400. The van der Waals surface area contributed by atoms with Gasteiger partial charge in [-0.05, 0) is 24.3 Å². The first-order chi connectivity index (χ1) is 6.70. The molecule has 1 aromatic heterocycles. The Morgan fingerprint density at radius 3 is 2.93 bits per heavy atom. The summed E-state index contributed by atoms with van der Waals surface area (Å²) in [5, 5.41) is 0.749. The first-order valence-corrected chi connectivity index (χ1v) is 5.36. The maximum Gasteiger partial charge on any atom is 0.340 e. The number of carbonyl (C=O) groups excluding carboxylic acids is 1. The number of carbonyl (C=O) groups is 1. The summed E-state index contributed by atoms with van der Waals surface area (Å²) in [7, 11) is 1.38. The average molecular weight is 211 g/mol. The molecule has 3 nitrogen and oxygen atoms in total. The highest BCUT2D eigenvalue weighted by atomic mass is 32.2. The minimum Gasteiger partial charge on any atom is -0.465 e. The molecule has 0 saturated heterocycles. The quantitative estimate of drug-likeness (QED) is 0.568. The second-order valence-corrected chi connectivity index (χ2v) is 3.99. The lowest BCUT2D eigenvalue weighted by Gasteiger charge is -2.07. The van der Waals surface area contributed by atoms with Crippen molar-refractivity contribution in [3.8, 4) is 0 Å². The number of thioether (sulfide) groups is 1. The van der Waals surface area contributed by atoms with Crippen molar-refractivity contribution in [3.05, 3.63) is 23.4 Å². The summed E-state index contributed by atoms with van der Waals surface area (Å²) in [6, 6.07) is 1.81. The van der Waals surface area contributed by atoms with E-state index in [9.17, 15) is 4.79 Å². The molecule has 76 valence electrons. The standard InChI is InChI=1S/C10H13NO2S/c1-4-14-9-8(10(12)13-3)7(2)5-6-11-9/h5-6H,4H2,1-3H3. The van der Waals surface area contributed by atoms with E-state index in [4.69, 9.17) is 4.74 Å². The summed E-state index contributed by atoms with van der Waals surface area (Å²) >= 11 is 1.55. The van der Waals surface area contributed by atoms with Gasteiger partial charge < -0.3 is 4.74 Å². The molecule has 0 aromatic carbocycles. The van der Waals surface area contributed by atoms with Gasteiger partial charge >= 0.3 is 5.97 Å². The number of ether oxygens (including phenoxy) is 1. The Labute approximate surface area is 87.9 Å². The normalized spacial score (nSPS) is 9.93. The van der Waals surface area contributed by atoms with Gasteiger partial charge in [0.15, 0.2) is 0 Å². The molecule has 0 N–H and O–H groups in total. The van der Waals surface area contributed by atoms with E-state index in [1.807, 2.05) is 19.9 Å². The molecular formula is C10H13NO2S. The van der Waals surface area contributed by atoms with E-state index in [0.717, 1.165) is 16.3 Å². The summed E-state index contributed by atoms with van der Waals surface area (Å²) in [4.78, 5) is 15.6. The van der Waals surface area contributed by atoms with Crippen LogP contribution in [0.5, 0.6) is 0 Å². The monoisotopic (exact) mass is 211 g/mol. The van der Waals surface area contributed by atoms with Crippen LogP contribution in [0.1, 0.15) is 22.8 Å². The predicted octanol–water partition coefficient (Wildman–Crippen LogP) is 2.29. The van der Waals surface area contributed by atoms with E-state index in [0.29, 0.717) is 5.56 Å². The highest BCUT2D eigenvalue weighted by molar-refractivity contribution is 7.99. The smallest absolute Gasteiger partial charge is 0.340 e. The van der Waals surface area contributed by atoms with Crippen LogP contribution in [0.3, 0.4) is 0 Å². The van der Waals surface area contributed by atoms with E-state index < -0.39 is 0 Å². The van der Waals surface area contributed by atoms with Crippen LogP contribution in [0.2, 0.25) is 0 Å². The maximum absolute atomic E-state index is 11.5. The first kappa shape index (κ1) is 11.0. The van der Waals surface area contributed by atoms with Gasteiger partial charge in [-0.1, -0.05) is 6.92 Å². The number of nitrogens with zero attached hydrogens (tertiary/aromatic N) is 1. The molecule has 0 bridgehead atoms. The topological polar surface area (TPSA) is 39.2 Å². The van der Waals surface area contributed by atoms with Crippen LogP contribution >= 0.6 is 11.8 Å². The van der Waals surface area contributed by atoms with Gasteiger partial charge in [-0.25, -0.2) is 9.78 Å². The lowest BCUT2D eigenvalue weighted by molar-refractivity contribution is 0.0595. The van der Waals surface area contributed by atoms with Gasteiger partial charge in [0.05, 0.1) is 12.7 Å². The second kappa shape index (κ2) is 5.00. The average Bonchev–Trinajstić information content (AvgIpc) is 2.18. The SMILES string of the molecule is CCSc1nccc(C)c1C(=O)OC. The summed E-state index contributed by atoms with van der Waals surface area (Å²) in [6.45, 7) is 3.91. The molecule has 14 heavy (non-hydrogen) atoms. The lowest BCUT2D eigenvalue weighted by Crippen LogP contribution is -2.07. The van der Waals surface area contributed by atoms with Crippen molar-refractivity contribution < 1.29 is 9.53 Å². The third-order valence-electron chi connectivity index (χ3n) is 1.80. The first-order valence-electron chi connectivity index (χ1n) is 4.37. The maximum atomic E-state index is 11.5. The van der Waals surface area contributed by atoms with Crippen molar-refractivity contribution in [1.82, 2.24) is 4.98 Å². The molecular weight excluding hydrogens is 198 g/mol. The van der Waals surface area contributed by atoms with Crippen LogP contribution in [0.25, 0.3) is 0 Å². The van der Waals surface area contributed by atoms with Gasteiger partial charge in [0.2, 0.25) is 0 Å². The molecule has 0 unspecified atom stereocenters. The van der Waals surface area contributed by atoms with Crippen LogP contribution < -0.4 is 0 Å². The fourth-order valence-corrected chi connectivity index (χ4v) is 1.93. The zero-order chi connectivity index (χ0) is 10.6. The van der Waals surface area contributed by atoms with Crippen molar-refractivity contribution in [3.63, 3.8) is 0 Å². The Kier molecular flexibility index (Phi) is 3.95. The molecule has 4 heteroatoms. The fourth-order valence-electron chi connectivity index (χ4n) is 1.13. The molecule has 0 atom stereocenters. The van der Waals surface area contributed by atoms with Crippen LogP contribution in [-0.4, -0.2) is 23.8 Å². The van der Waals surface area contributed by atoms with Crippen LogP contribution in [0.4, 0.5) is 0 Å². The van der Waals surface area contributed by atoms with E-state index in [1.165, 1.54) is 7.11 Å². The lowest BCUT2D eigenvalue weighted by atomic mass is 10.2. The highest BCUT2D eigenvalue weighted by Gasteiger charge is 2.15. The molecule has 1 heterocycles. The van der Waals surface area contributed by atoms with Crippen LogP contribution in [0, 0.1) is 6.92 Å². The van der Waals surface area contributed by atoms with Crippen molar-refractivity contribution >= 4 is 17.7 Å². The molecule has 0 aliphatic heterocycles. The number of aromatic nitrogens is 1. The van der Waals surface area contributed by atoms with Crippen LogP contribution in [0.15, 0.2) is 17.3 Å². The minimum absolute atomic E-state index is 0.313. The minimum atomic E-state index is -0.313. The molecule has 0 saturated carbocycles. The third-order valence-corrected chi connectivity index (χ3v) is 2.67. The number of pyridine rings is 1. The summed E-state index contributed by atoms with van der Waals surface area (Å²) in [5.74, 6) is 0.576. The van der Waals surface area contributed by atoms with Crippen molar-refractivity contribution in [2.75, 3.05) is 12.9 Å². The number of rotatable bonds is 3. The van der Waals surface area contributed by atoms with E-state index in [2.05, 4.69) is 4.98 Å². The molecule has 1 rings (SSSR count). The van der Waals surface area contributed by atoms with E-state index in [-0.39, 0.29) is 5.97 Å². The van der Waals surface area contributed by atoms with Gasteiger partial charge in [0.1, 0.15) is 5.03 Å². The van der Waals surface area contributed by atoms with E-state index >= 15 is 0 Å². The Balaban J connectivity index is 3.15. The summed E-state index contributed by atoms with van der Waals surface area (Å²) < 4.78 is 4.71. The molecule has 0 aliphatic rings. The van der Waals surface area contributed by atoms with Gasteiger partial charge in [0, 0.05) is 6.20 Å². The zero-order valence-electron chi connectivity index (χ0n) is 8.53. The summed E-state index contributed by atoms with van der Waals surface area (Å²) in [6.07, 6.45) is 1.71. The number of aryl methyl sites for hydroxylation is 1. The number of esters is 1. The Hall–Kier alpha value is -1.03. The van der Waals surface area contributed by atoms with Gasteiger partial charge in [0.25, 0.3) is 0 Å². The predicted molar refractivity (Wildman–Crippen MR) is 56.7 cm³/mol. The van der Waals surface area contributed by atoms with Gasteiger partial charge in [-0.3, -0.25) is 0 Å². The van der Waals surface area contributed by atoms with Crippen LogP contribution in [-0.2, 0) is 4.74 Å². The van der Waals surface area contributed by atoms with E-state index in [1.54, 1.807) is 18.0 Å². The van der Waals surface area contributed by atoms with Gasteiger partial charge in [-0.15, -0.1) is 11.8 Å². The van der Waals surface area contributed by atoms with Crippen molar-refractivity contribution in [2.45, 2.75) is 18.9 Å². The molecule has 1 aromatic rings. The molecule has 0 radical (unpaired) electrons. The highest BCUT2D eigenvalue weighted by Crippen LogP contribution is 2.22. The van der Waals surface area contributed by atoms with Crippen molar-refractivity contribution in [1.29, 1.82) is 0 Å². The second-order valence-electron chi connectivity index (χ2n) is 2.73. The molecule has 0 spiro atoms. The summed E-state index contributed by atoms with van der Waals surface area (Å²) in [5.41, 5.74) is 1.49. The largest absolute Gasteiger partial charge is 0.465 e. The molecule has 0 fully saturated rings. The zero-order valence-corrected chi connectivity index (χ0v) is 9.35. The molecule has 0 amide bonds. The number of hydrogen-bond acceptors (Lipinski definition) is 4. The van der Waals surface area contributed by atoms with Crippen molar-refractivity contribution in [2.24, 2.45) is 0 Å².